The number of nitrogens with zero attached hydrogens (tertiary/aromatic N) is 1. The van der Waals surface area contributed by atoms with Crippen molar-refractivity contribution in [2.24, 2.45) is 5.10 Å². The van der Waals surface area contributed by atoms with Gasteiger partial charge in [0.1, 0.15) is 11.5 Å². The van der Waals surface area contributed by atoms with Crippen LogP contribution in [0, 0.1) is 0 Å². The summed E-state index contributed by atoms with van der Waals surface area (Å²) in [5.74, 6) is 0.686. The Bertz CT molecular complexity index is 1170. The van der Waals surface area contributed by atoms with Gasteiger partial charge in [0.25, 0.3) is 0 Å². The van der Waals surface area contributed by atoms with Gasteiger partial charge in [0.15, 0.2) is 5.11 Å². The van der Waals surface area contributed by atoms with E-state index < -0.39 is 5.97 Å². The number of carbonyl (C=O) groups excluding carboxylic acids is 1. The van der Waals surface area contributed by atoms with E-state index in [1.165, 1.54) is 19.3 Å². The van der Waals surface area contributed by atoms with Crippen molar-refractivity contribution in [2.75, 3.05) is 6.61 Å². The molecule has 34 heavy (non-hydrogen) atoms. The summed E-state index contributed by atoms with van der Waals surface area (Å²) in [5.41, 5.74) is 4.05. The summed E-state index contributed by atoms with van der Waals surface area (Å²) in [4.78, 5) is 12.8. The Morgan fingerprint density at radius 3 is 2.59 bits per heavy atom. The molecular formula is C27H29N3O3S. The molecule has 1 fully saturated rings. The molecule has 1 saturated carbocycles. The number of fused-ring (bicyclic) bond motifs is 1. The third-order valence-electron chi connectivity index (χ3n) is 5.83. The van der Waals surface area contributed by atoms with E-state index in [-0.39, 0.29) is 0 Å². The highest BCUT2D eigenvalue weighted by Crippen LogP contribution is 2.27. The molecule has 0 radical (unpaired) electrons. The molecule has 2 N–H and O–H groups in total. The molecule has 0 heterocycles. The number of benzene rings is 3. The number of hydrazone groups is 1. The van der Waals surface area contributed by atoms with Crippen molar-refractivity contribution in [3.8, 4) is 11.5 Å². The van der Waals surface area contributed by atoms with Crippen molar-refractivity contribution in [3.63, 3.8) is 0 Å². The predicted octanol–water partition coefficient (Wildman–Crippen LogP) is 5.59. The molecule has 0 spiro atoms. The van der Waals surface area contributed by atoms with Gasteiger partial charge in [-0.15, -0.1) is 0 Å². The quantitative estimate of drug-likeness (QED) is 0.153. The normalized spacial score (nSPS) is 14.1. The zero-order valence-electron chi connectivity index (χ0n) is 19.3. The second kappa shape index (κ2) is 11.6. The maximum atomic E-state index is 12.8. The molecule has 6 nitrogen and oxygen atoms in total. The van der Waals surface area contributed by atoms with Gasteiger partial charge < -0.3 is 14.8 Å². The minimum Gasteiger partial charge on any atom is -0.494 e. The van der Waals surface area contributed by atoms with Crippen LogP contribution in [0.15, 0.2) is 65.8 Å². The molecule has 0 saturated heterocycles. The summed E-state index contributed by atoms with van der Waals surface area (Å²) < 4.78 is 11.2. The van der Waals surface area contributed by atoms with E-state index in [1.54, 1.807) is 36.5 Å². The lowest BCUT2D eigenvalue weighted by Crippen LogP contribution is -2.40. The summed E-state index contributed by atoms with van der Waals surface area (Å²) >= 11 is 5.41. The zero-order valence-corrected chi connectivity index (χ0v) is 20.1. The van der Waals surface area contributed by atoms with E-state index in [0.717, 1.165) is 23.6 Å². The number of rotatable bonds is 7. The fourth-order valence-electron chi connectivity index (χ4n) is 4.13. The molecule has 4 rings (SSSR count). The first-order valence-corrected chi connectivity index (χ1v) is 12.1. The predicted molar refractivity (Wildman–Crippen MR) is 140 cm³/mol. The van der Waals surface area contributed by atoms with E-state index in [2.05, 4.69) is 15.8 Å². The molecule has 3 aromatic carbocycles. The van der Waals surface area contributed by atoms with Crippen LogP contribution in [0.3, 0.4) is 0 Å². The Labute approximate surface area is 205 Å². The SMILES string of the molecule is CCOc1ccc(C(=O)Oc2ccc3ccccc3c2C=NNC(=S)NC2CCCCC2)cc1. The number of nitrogens with one attached hydrogen (secondary N) is 2. The van der Waals surface area contributed by atoms with Gasteiger partial charge in [-0.3, -0.25) is 5.43 Å². The maximum Gasteiger partial charge on any atom is 0.343 e. The van der Waals surface area contributed by atoms with Gasteiger partial charge in [-0.2, -0.15) is 5.10 Å². The molecule has 7 heteroatoms. The van der Waals surface area contributed by atoms with E-state index in [9.17, 15) is 4.79 Å². The molecule has 1 aliphatic rings. The van der Waals surface area contributed by atoms with E-state index in [0.29, 0.717) is 40.4 Å². The van der Waals surface area contributed by atoms with Gasteiger partial charge in [0.05, 0.1) is 18.4 Å². The first-order chi connectivity index (χ1) is 16.6. The maximum absolute atomic E-state index is 12.8. The smallest absolute Gasteiger partial charge is 0.343 e. The van der Waals surface area contributed by atoms with Crippen LogP contribution >= 0.6 is 12.2 Å². The van der Waals surface area contributed by atoms with Crippen molar-refractivity contribution in [1.82, 2.24) is 10.7 Å². The van der Waals surface area contributed by atoms with Gasteiger partial charge in [-0.25, -0.2) is 4.79 Å². The molecule has 0 aliphatic heterocycles. The zero-order chi connectivity index (χ0) is 23.8. The molecule has 0 bridgehead atoms. The number of hydrogen-bond donors (Lipinski definition) is 2. The van der Waals surface area contributed by atoms with Gasteiger partial charge in [-0.05, 0) is 73.1 Å². The Morgan fingerprint density at radius 2 is 1.82 bits per heavy atom. The number of carbonyl (C=O) groups is 1. The second-order valence-electron chi connectivity index (χ2n) is 8.22. The Hall–Kier alpha value is -3.45. The van der Waals surface area contributed by atoms with Crippen LogP contribution in [0.1, 0.15) is 54.9 Å². The van der Waals surface area contributed by atoms with Crippen LogP contribution in [0.2, 0.25) is 0 Å². The van der Waals surface area contributed by atoms with Gasteiger partial charge in [0, 0.05) is 11.6 Å². The Kier molecular flexibility index (Phi) is 8.09. The lowest BCUT2D eigenvalue weighted by Gasteiger charge is -2.23. The van der Waals surface area contributed by atoms with Gasteiger partial charge in [0.2, 0.25) is 0 Å². The number of esters is 1. The lowest BCUT2D eigenvalue weighted by atomic mass is 9.96. The topological polar surface area (TPSA) is 72.0 Å². The van der Waals surface area contributed by atoms with Gasteiger partial charge >= 0.3 is 5.97 Å². The minimum absolute atomic E-state index is 0.395. The monoisotopic (exact) mass is 475 g/mol. The molecule has 0 amide bonds. The van der Waals surface area contributed by atoms with Crippen LogP contribution in [0.4, 0.5) is 0 Å². The van der Waals surface area contributed by atoms with Crippen molar-refractivity contribution < 1.29 is 14.3 Å². The minimum atomic E-state index is -0.449. The molecular weight excluding hydrogens is 446 g/mol. The second-order valence-corrected chi connectivity index (χ2v) is 8.63. The third kappa shape index (κ3) is 6.11. The van der Waals surface area contributed by atoms with Crippen LogP contribution in [-0.2, 0) is 0 Å². The number of ether oxygens (including phenoxy) is 2. The lowest BCUT2D eigenvalue weighted by molar-refractivity contribution is 0.0734. The first kappa shape index (κ1) is 23.7. The molecule has 176 valence electrons. The average Bonchev–Trinajstić information content (AvgIpc) is 2.86. The third-order valence-corrected chi connectivity index (χ3v) is 6.04. The van der Waals surface area contributed by atoms with Crippen LogP contribution in [-0.4, -0.2) is 29.9 Å². The van der Waals surface area contributed by atoms with E-state index in [4.69, 9.17) is 21.7 Å². The number of thiocarbonyl (C=S) groups is 1. The standard InChI is InChI=1S/C27H29N3O3S/c1-2-32-22-15-12-20(13-16-22)26(31)33-25-17-14-19-8-6-7-11-23(19)24(25)18-28-30-27(34)29-21-9-4-3-5-10-21/h6-8,11-18,21H,2-5,9-10H2,1H3,(H2,29,30,34). The summed E-state index contributed by atoms with van der Waals surface area (Å²) in [7, 11) is 0. The molecule has 0 unspecified atom stereocenters. The highest BCUT2D eigenvalue weighted by atomic mass is 32.1. The summed E-state index contributed by atoms with van der Waals surface area (Å²) in [5, 5.41) is 10.1. The molecule has 3 aromatic rings. The summed E-state index contributed by atoms with van der Waals surface area (Å²) in [6.07, 6.45) is 7.64. The number of hydrogen-bond acceptors (Lipinski definition) is 5. The summed E-state index contributed by atoms with van der Waals surface area (Å²) in [6.45, 7) is 2.48. The highest BCUT2D eigenvalue weighted by Gasteiger charge is 2.15. The largest absolute Gasteiger partial charge is 0.494 e. The average molecular weight is 476 g/mol. The van der Waals surface area contributed by atoms with Crippen molar-refractivity contribution in [1.29, 1.82) is 0 Å². The molecule has 1 aliphatic carbocycles. The van der Waals surface area contributed by atoms with Crippen LogP contribution in [0.5, 0.6) is 11.5 Å². The van der Waals surface area contributed by atoms with Crippen molar-refractivity contribution in [2.45, 2.75) is 45.1 Å². The van der Waals surface area contributed by atoms with Crippen LogP contribution in [0.25, 0.3) is 10.8 Å². The fourth-order valence-corrected chi connectivity index (χ4v) is 4.35. The first-order valence-electron chi connectivity index (χ1n) is 11.7. The fraction of sp³-hybridized carbons (Fsp3) is 0.296. The van der Waals surface area contributed by atoms with Crippen molar-refractivity contribution >= 4 is 40.3 Å². The Balaban J connectivity index is 1.51. The van der Waals surface area contributed by atoms with E-state index >= 15 is 0 Å². The van der Waals surface area contributed by atoms with Gasteiger partial charge in [-0.1, -0.05) is 49.6 Å². The highest BCUT2D eigenvalue weighted by molar-refractivity contribution is 7.80. The summed E-state index contributed by atoms with van der Waals surface area (Å²) in [6, 6.07) is 18.9. The van der Waals surface area contributed by atoms with E-state index in [1.807, 2.05) is 37.3 Å². The Morgan fingerprint density at radius 1 is 1.06 bits per heavy atom. The molecule has 0 aromatic heterocycles. The van der Waals surface area contributed by atoms with Crippen LogP contribution < -0.4 is 20.2 Å². The molecule has 0 atom stereocenters. The van der Waals surface area contributed by atoms with Crippen molar-refractivity contribution in [3.05, 3.63) is 71.8 Å².